The Bertz CT molecular complexity index is 576. The van der Waals surface area contributed by atoms with E-state index in [2.05, 4.69) is 22.9 Å². The molecule has 2 nitrogen and oxygen atoms in total. The quantitative estimate of drug-likeness (QED) is 0.513. The molecule has 0 aliphatic carbocycles. The van der Waals surface area contributed by atoms with Gasteiger partial charge in [-0.3, -0.25) is 4.79 Å². The second kappa shape index (κ2) is 8.37. The van der Waals surface area contributed by atoms with Gasteiger partial charge in [-0.1, -0.05) is 72.4 Å². The summed E-state index contributed by atoms with van der Waals surface area (Å²) in [5.74, 6) is 0.0813. The zero-order valence-electron chi connectivity index (χ0n) is 13.0. The number of allylic oxidation sites excluding steroid dienone is 1. The number of nitrogens with zero attached hydrogens (tertiary/aromatic N) is 1. The van der Waals surface area contributed by atoms with Gasteiger partial charge in [-0.05, 0) is 28.9 Å². The third kappa shape index (κ3) is 4.36. The van der Waals surface area contributed by atoms with Crippen LogP contribution in [0.5, 0.6) is 0 Å². The standard InChI is InChI=1S/C18H21BBrNO/c1-2-3-4-8-11-15-12-16(17(19)20)21(18(15)22)13-14-9-6-5-7-10-14/h5-7,9-10,12H,2-4,8,11,13H2,1H3/b17-16+. The predicted molar refractivity (Wildman–Crippen MR) is 95.5 cm³/mol. The van der Waals surface area contributed by atoms with Crippen molar-refractivity contribution in [2.75, 3.05) is 0 Å². The maximum Gasteiger partial charge on any atom is 0.254 e. The van der Waals surface area contributed by atoms with E-state index in [1.165, 1.54) is 19.3 Å². The second-order valence-corrected chi connectivity index (χ2v) is 6.44. The zero-order chi connectivity index (χ0) is 15.9. The lowest BCUT2D eigenvalue weighted by Crippen LogP contribution is -2.26. The Balaban J connectivity index is 2.08. The SMILES string of the molecule is [B]/C(Br)=C1/C=C(CCCCCC)C(=O)N1Cc1ccccc1. The van der Waals surface area contributed by atoms with Gasteiger partial charge in [0.1, 0.15) is 7.85 Å². The number of halogens is 1. The number of benzene rings is 1. The summed E-state index contributed by atoms with van der Waals surface area (Å²) in [4.78, 5) is 14.4. The number of unbranched alkanes of at least 4 members (excludes halogenated alkanes) is 3. The van der Waals surface area contributed by atoms with Crippen molar-refractivity contribution in [3.63, 3.8) is 0 Å². The lowest BCUT2D eigenvalue weighted by atomic mass is 10.1. The third-order valence-electron chi connectivity index (χ3n) is 3.85. The number of hydrogen-bond acceptors (Lipinski definition) is 1. The highest BCUT2D eigenvalue weighted by Crippen LogP contribution is 2.30. The van der Waals surface area contributed by atoms with Crippen LogP contribution in [0.1, 0.15) is 44.6 Å². The van der Waals surface area contributed by atoms with Crippen molar-refractivity contribution >= 4 is 29.7 Å². The molecular formula is C18H21BBrNO. The Morgan fingerprint density at radius 2 is 1.91 bits per heavy atom. The summed E-state index contributed by atoms with van der Waals surface area (Å²) in [5, 5.41) is 0. The molecule has 0 saturated heterocycles. The minimum Gasteiger partial charge on any atom is -0.304 e. The molecule has 4 heteroatoms. The van der Waals surface area contributed by atoms with Gasteiger partial charge in [0.2, 0.25) is 0 Å². The molecule has 0 atom stereocenters. The van der Waals surface area contributed by atoms with E-state index in [9.17, 15) is 4.79 Å². The average Bonchev–Trinajstić information content (AvgIpc) is 2.82. The van der Waals surface area contributed by atoms with Crippen LogP contribution in [0, 0.1) is 0 Å². The van der Waals surface area contributed by atoms with Gasteiger partial charge in [0, 0.05) is 11.3 Å². The molecule has 0 saturated carbocycles. The van der Waals surface area contributed by atoms with E-state index in [-0.39, 0.29) is 5.91 Å². The number of rotatable bonds is 7. The summed E-state index contributed by atoms with van der Waals surface area (Å²) < 4.78 is 0.514. The largest absolute Gasteiger partial charge is 0.304 e. The molecule has 0 N–H and O–H groups in total. The molecule has 1 aliphatic heterocycles. The molecular weight excluding hydrogens is 337 g/mol. The van der Waals surface area contributed by atoms with Gasteiger partial charge >= 0.3 is 0 Å². The molecule has 2 radical (unpaired) electrons. The first-order chi connectivity index (χ1) is 10.6. The summed E-state index contributed by atoms with van der Waals surface area (Å²) in [5.41, 5.74) is 2.74. The first kappa shape index (κ1) is 17.1. The molecule has 0 bridgehead atoms. The van der Waals surface area contributed by atoms with Gasteiger partial charge in [-0.15, -0.1) is 0 Å². The Morgan fingerprint density at radius 3 is 2.55 bits per heavy atom. The van der Waals surface area contributed by atoms with E-state index < -0.39 is 0 Å². The fraction of sp³-hybridized carbons (Fsp3) is 0.389. The molecule has 22 heavy (non-hydrogen) atoms. The van der Waals surface area contributed by atoms with Crippen LogP contribution in [0.4, 0.5) is 0 Å². The first-order valence-corrected chi connectivity index (χ1v) is 8.64. The number of hydrogen-bond donors (Lipinski definition) is 0. The fourth-order valence-electron chi connectivity index (χ4n) is 2.63. The second-order valence-electron chi connectivity index (χ2n) is 5.59. The van der Waals surface area contributed by atoms with Crippen LogP contribution in [0.15, 0.2) is 52.1 Å². The van der Waals surface area contributed by atoms with Gasteiger partial charge in [-0.25, -0.2) is 0 Å². The van der Waals surface area contributed by atoms with Crippen LogP contribution in [0.2, 0.25) is 0 Å². The Hall–Kier alpha value is -1.29. The molecule has 1 heterocycles. The van der Waals surface area contributed by atoms with Crippen molar-refractivity contribution in [1.82, 2.24) is 4.90 Å². The average molecular weight is 358 g/mol. The van der Waals surface area contributed by atoms with Gasteiger partial charge in [0.25, 0.3) is 5.91 Å². The molecule has 0 spiro atoms. The fourth-order valence-corrected chi connectivity index (χ4v) is 2.96. The molecule has 0 unspecified atom stereocenters. The topological polar surface area (TPSA) is 20.3 Å². The predicted octanol–water partition coefficient (Wildman–Crippen LogP) is 4.66. The minimum atomic E-state index is 0.0813. The Morgan fingerprint density at radius 1 is 1.18 bits per heavy atom. The van der Waals surface area contributed by atoms with E-state index in [0.29, 0.717) is 10.9 Å². The van der Waals surface area contributed by atoms with Crippen molar-refractivity contribution in [1.29, 1.82) is 0 Å². The number of carbonyl (C=O) groups excluding carboxylic acids is 1. The summed E-state index contributed by atoms with van der Waals surface area (Å²) in [6.45, 7) is 2.74. The van der Waals surface area contributed by atoms with E-state index >= 15 is 0 Å². The first-order valence-electron chi connectivity index (χ1n) is 7.85. The molecule has 0 fully saturated rings. The van der Waals surface area contributed by atoms with Crippen molar-refractivity contribution < 1.29 is 4.79 Å². The number of amides is 1. The number of carbonyl (C=O) groups is 1. The van der Waals surface area contributed by atoms with Crippen molar-refractivity contribution in [2.24, 2.45) is 0 Å². The monoisotopic (exact) mass is 357 g/mol. The van der Waals surface area contributed by atoms with E-state index in [0.717, 1.165) is 29.7 Å². The zero-order valence-corrected chi connectivity index (χ0v) is 14.6. The van der Waals surface area contributed by atoms with Crippen LogP contribution in [-0.2, 0) is 11.3 Å². The van der Waals surface area contributed by atoms with Gasteiger partial charge in [-0.2, -0.15) is 0 Å². The van der Waals surface area contributed by atoms with Gasteiger partial charge in [0.05, 0.1) is 6.54 Å². The Labute approximate surface area is 142 Å². The van der Waals surface area contributed by atoms with Gasteiger partial charge in [0.15, 0.2) is 0 Å². The lowest BCUT2D eigenvalue weighted by molar-refractivity contribution is -0.124. The van der Waals surface area contributed by atoms with Crippen molar-refractivity contribution in [3.8, 4) is 0 Å². The summed E-state index contributed by atoms with van der Waals surface area (Å²) in [7, 11) is 5.90. The highest BCUT2D eigenvalue weighted by molar-refractivity contribution is 9.12. The highest BCUT2D eigenvalue weighted by atomic mass is 79.9. The normalized spacial score (nSPS) is 16.9. The van der Waals surface area contributed by atoms with E-state index in [1.54, 1.807) is 4.90 Å². The smallest absolute Gasteiger partial charge is 0.254 e. The molecule has 114 valence electrons. The summed E-state index contributed by atoms with van der Waals surface area (Å²) in [6.07, 6.45) is 7.41. The molecule has 1 amide bonds. The highest BCUT2D eigenvalue weighted by Gasteiger charge is 2.28. The summed E-state index contributed by atoms with van der Waals surface area (Å²) in [6, 6.07) is 9.98. The lowest BCUT2D eigenvalue weighted by Gasteiger charge is -2.20. The summed E-state index contributed by atoms with van der Waals surface area (Å²) >= 11 is 3.32. The maximum atomic E-state index is 12.6. The van der Waals surface area contributed by atoms with Gasteiger partial charge < -0.3 is 4.90 Å². The van der Waals surface area contributed by atoms with Crippen LogP contribution in [0.3, 0.4) is 0 Å². The van der Waals surface area contributed by atoms with E-state index in [1.807, 2.05) is 36.4 Å². The van der Waals surface area contributed by atoms with Crippen LogP contribution >= 0.6 is 15.9 Å². The molecule has 1 aromatic rings. The molecule has 1 aromatic carbocycles. The van der Waals surface area contributed by atoms with Crippen molar-refractivity contribution in [2.45, 2.75) is 45.6 Å². The van der Waals surface area contributed by atoms with E-state index in [4.69, 9.17) is 7.85 Å². The molecule has 1 aliphatic rings. The van der Waals surface area contributed by atoms with Crippen LogP contribution in [-0.4, -0.2) is 18.7 Å². The van der Waals surface area contributed by atoms with Crippen LogP contribution in [0.25, 0.3) is 0 Å². The van der Waals surface area contributed by atoms with Crippen molar-refractivity contribution in [3.05, 3.63) is 57.6 Å². The van der Waals surface area contributed by atoms with Crippen LogP contribution < -0.4 is 0 Å². The maximum absolute atomic E-state index is 12.6. The third-order valence-corrected chi connectivity index (χ3v) is 4.26. The molecule has 0 aromatic heterocycles. The minimum absolute atomic E-state index is 0.0813. The Kier molecular flexibility index (Phi) is 6.50. The molecule has 2 rings (SSSR count).